The summed E-state index contributed by atoms with van der Waals surface area (Å²) in [6.45, 7) is 1.01. The van der Waals surface area contributed by atoms with Gasteiger partial charge in [-0.15, -0.1) is 0 Å². The molecule has 208 valence electrons. The fraction of sp³-hybridized carbons (Fsp3) is 0.258. The number of carbonyl (C=O) groups excluding carboxylic acids is 2. The Morgan fingerprint density at radius 3 is 2.05 bits per heavy atom. The normalized spacial score (nSPS) is 10.6. The summed E-state index contributed by atoms with van der Waals surface area (Å²) in [5, 5.41) is 6.80. The molecule has 9 heteroatoms. The van der Waals surface area contributed by atoms with Crippen LogP contribution in [0.5, 0.6) is 17.2 Å². The van der Waals surface area contributed by atoms with Crippen LogP contribution in [0.15, 0.2) is 83.4 Å². The van der Waals surface area contributed by atoms with Crippen LogP contribution in [0, 0.1) is 0 Å². The molecule has 1 aromatic heterocycles. The summed E-state index contributed by atoms with van der Waals surface area (Å²) in [7, 11) is 4.80. The summed E-state index contributed by atoms with van der Waals surface area (Å²) in [6.07, 6.45) is 1.28. The summed E-state index contributed by atoms with van der Waals surface area (Å²) in [6, 6.07) is 24.0. The van der Waals surface area contributed by atoms with Crippen molar-refractivity contribution in [2.45, 2.75) is 19.4 Å². The molecule has 0 atom stereocenters. The molecule has 1 heterocycles. The average molecular weight is 544 g/mol. The van der Waals surface area contributed by atoms with Crippen LogP contribution in [0.3, 0.4) is 0 Å². The zero-order valence-corrected chi connectivity index (χ0v) is 22.9. The van der Waals surface area contributed by atoms with Gasteiger partial charge in [-0.3, -0.25) is 9.59 Å². The van der Waals surface area contributed by atoms with Crippen LogP contribution in [-0.4, -0.2) is 56.3 Å². The van der Waals surface area contributed by atoms with Gasteiger partial charge in [0.25, 0.3) is 11.8 Å². The molecule has 0 radical (unpaired) electrons. The van der Waals surface area contributed by atoms with E-state index in [9.17, 15) is 9.59 Å². The number of methoxy groups -OCH3 is 3. The maximum Gasteiger partial charge on any atom is 0.273 e. The monoisotopic (exact) mass is 543 g/mol. The molecule has 0 bridgehead atoms. The first-order chi connectivity index (χ1) is 19.5. The molecule has 0 unspecified atom stereocenters. The Labute approximate surface area is 233 Å². The minimum atomic E-state index is -0.340. The summed E-state index contributed by atoms with van der Waals surface area (Å²) < 4.78 is 21.2. The molecule has 1 N–H and O–H groups in total. The number of amides is 2. The van der Waals surface area contributed by atoms with E-state index in [1.54, 1.807) is 56.6 Å². The van der Waals surface area contributed by atoms with E-state index >= 15 is 0 Å². The number of nitrogens with one attached hydrogen (secondary N) is 1. The van der Waals surface area contributed by atoms with Crippen LogP contribution in [-0.2, 0) is 19.4 Å². The van der Waals surface area contributed by atoms with Gasteiger partial charge in [-0.2, -0.15) is 0 Å². The van der Waals surface area contributed by atoms with E-state index in [1.165, 1.54) is 0 Å². The van der Waals surface area contributed by atoms with Crippen molar-refractivity contribution in [3.63, 3.8) is 0 Å². The topological polar surface area (TPSA) is 103 Å². The maximum atomic E-state index is 13.5. The Kier molecular flexibility index (Phi) is 9.77. The molecule has 2 amide bonds. The maximum absolute atomic E-state index is 13.5. The van der Waals surface area contributed by atoms with Gasteiger partial charge in [0, 0.05) is 24.7 Å². The van der Waals surface area contributed by atoms with E-state index < -0.39 is 0 Å². The lowest BCUT2D eigenvalue weighted by Crippen LogP contribution is -2.32. The van der Waals surface area contributed by atoms with E-state index in [1.807, 2.05) is 48.5 Å². The van der Waals surface area contributed by atoms with Crippen molar-refractivity contribution in [2.24, 2.45) is 0 Å². The fourth-order valence-electron chi connectivity index (χ4n) is 4.13. The molecular formula is C31H33N3O6. The fourth-order valence-corrected chi connectivity index (χ4v) is 4.13. The lowest BCUT2D eigenvalue weighted by molar-refractivity contribution is 0.0728. The van der Waals surface area contributed by atoms with E-state index in [4.69, 9.17) is 18.7 Å². The SMILES string of the molecule is COc1ccc(CCNC(=O)c2cc(CN(CCc3ccc(OC)cc3)C(=O)c3cccc(OC)c3)on2)cc1. The Bertz CT molecular complexity index is 1400. The number of aromatic nitrogens is 1. The molecule has 0 spiro atoms. The first kappa shape index (κ1) is 28.2. The second-order valence-electron chi connectivity index (χ2n) is 9.09. The van der Waals surface area contributed by atoms with Gasteiger partial charge in [0.1, 0.15) is 17.2 Å². The number of rotatable bonds is 13. The summed E-state index contributed by atoms with van der Waals surface area (Å²) in [4.78, 5) is 27.8. The van der Waals surface area contributed by atoms with Gasteiger partial charge in [-0.05, 0) is 66.4 Å². The predicted molar refractivity (Wildman–Crippen MR) is 150 cm³/mol. The number of ether oxygens (including phenoxy) is 3. The molecular weight excluding hydrogens is 510 g/mol. The zero-order chi connectivity index (χ0) is 28.3. The van der Waals surface area contributed by atoms with Crippen molar-refractivity contribution in [3.05, 3.63) is 107 Å². The molecule has 0 aliphatic carbocycles. The van der Waals surface area contributed by atoms with Gasteiger partial charge in [0.15, 0.2) is 11.5 Å². The van der Waals surface area contributed by atoms with Gasteiger partial charge >= 0.3 is 0 Å². The van der Waals surface area contributed by atoms with Crippen LogP contribution < -0.4 is 19.5 Å². The Balaban J connectivity index is 1.41. The smallest absolute Gasteiger partial charge is 0.273 e. The predicted octanol–water partition coefficient (Wildman–Crippen LogP) is 4.56. The third kappa shape index (κ3) is 7.63. The van der Waals surface area contributed by atoms with Gasteiger partial charge in [-0.25, -0.2) is 0 Å². The molecule has 0 saturated carbocycles. The van der Waals surface area contributed by atoms with Crippen molar-refractivity contribution in [1.29, 1.82) is 0 Å². The van der Waals surface area contributed by atoms with Crippen LogP contribution in [0.4, 0.5) is 0 Å². The molecule has 0 fully saturated rings. The van der Waals surface area contributed by atoms with Crippen molar-refractivity contribution < 1.29 is 28.3 Å². The van der Waals surface area contributed by atoms with E-state index in [-0.39, 0.29) is 24.1 Å². The average Bonchev–Trinajstić information content (AvgIpc) is 3.48. The summed E-state index contributed by atoms with van der Waals surface area (Å²) in [5.41, 5.74) is 2.78. The Morgan fingerprint density at radius 2 is 1.43 bits per heavy atom. The molecule has 3 aromatic carbocycles. The third-order valence-electron chi connectivity index (χ3n) is 6.43. The second-order valence-corrected chi connectivity index (χ2v) is 9.09. The van der Waals surface area contributed by atoms with Gasteiger partial charge in [0.05, 0.1) is 27.9 Å². The number of carbonyl (C=O) groups is 2. The van der Waals surface area contributed by atoms with Crippen molar-refractivity contribution in [1.82, 2.24) is 15.4 Å². The molecule has 9 nitrogen and oxygen atoms in total. The van der Waals surface area contributed by atoms with Crippen molar-refractivity contribution >= 4 is 11.8 Å². The van der Waals surface area contributed by atoms with Crippen LogP contribution in [0.2, 0.25) is 0 Å². The van der Waals surface area contributed by atoms with E-state index in [0.717, 1.165) is 22.6 Å². The van der Waals surface area contributed by atoms with E-state index in [2.05, 4.69) is 10.5 Å². The van der Waals surface area contributed by atoms with Crippen LogP contribution in [0.25, 0.3) is 0 Å². The highest BCUT2D eigenvalue weighted by Crippen LogP contribution is 2.18. The molecule has 0 aliphatic rings. The zero-order valence-electron chi connectivity index (χ0n) is 22.9. The second kappa shape index (κ2) is 13.8. The Hall–Kier alpha value is -4.79. The highest BCUT2D eigenvalue weighted by atomic mass is 16.5. The lowest BCUT2D eigenvalue weighted by atomic mass is 10.1. The molecule has 0 saturated heterocycles. The molecule has 40 heavy (non-hydrogen) atoms. The lowest BCUT2D eigenvalue weighted by Gasteiger charge is -2.22. The number of hydrogen-bond acceptors (Lipinski definition) is 7. The van der Waals surface area contributed by atoms with Crippen LogP contribution >= 0.6 is 0 Å². The summed E-state index contributed by atoms with van der Waals surface area (Å²) >= 11 is 0. The minimum absolute atomic E-state index is 0.151. The van der Waals surface area contributed by atoms with Crippen LogP contribution in [0.1, 0.15) is 37.7 Å². The Morgan fingerprint density at radius 1 is 0.800 bits per heavy atom. The first-order valence-electron chi connectivity index (χ1n) is 12.9. The van der Waals surface area contributed by atoms with Gasteiger partial charge < -0.3 is 29.0 Å². The van der Waals surface area contributed by atoms with Gasteiger partial charge in [-0.1, -0.05) is 35.5 Å². The molecule has 0 aliphatic heterocycles. The first-order valence-corrected chi connectivity index (χ1v) is 12.9. The minimum Gasteiger partial charge on any atom is -0.497 e. The number of hydrogen-bond donors (Lipinski definition) is 1. The number of benzene rings is 3. The largest absolute Gasteiger partial charge is 0.497 e. The highest BCUT2D eigenvalue weighted by Gasteiger charge is 2.20. The standard InChI is InChI=1S/C31H33N3O6/c1-37-25-11-7-22(8-12-25)15-17-32-30(35)29-20-28(40-33-29)21-34(18-16-23-9-13-26(38-2)14-10-23)31(36)24-5-4-6-27(19-24)39-3/h4-14,19-20H,15-18,21H2,1-3H3,(H,32,35). The van der Waals surface area contributed by atoms with Crippen molar-refractivity contribution in [2.75, 3.05) is 34.4 Å². The van der Waals surface area contributed by atoms with E-state index in [0.29, 0.717) is 43.0 Å². The summed E-state index contributed by atoms with van der Waals surface area (Å²) in [5.74, 6) is 2.03. The quantitative estimate of drug-likeness (QED) is 0.264. The highest BCUT2D eigenvalue weighted by molar-refractivity contribution is 5.95. The molecule has 4 rings (SSSR count). The third-order valence-corrected chi connectivity index (χ3v) is 6.43. The van der Waals surface area contributed by atoms with Gasteiger partial charge in [0.2, 0.25) is 0 Å². The molecule has 4 aromatic rings. The number of nitrogens with zero attached hydrogens (tertiary/aromatic N) is 2. The van der Waals surface area contributed by atoms with Crippen molar-refractivity contribution in [3.8, 4) is 17.2 Å².